The van der Waals surface area contributed by atoms with Crippen LogP contribution in [0.5, 0.6) is 0 Å². The summed E-state index contributed by atoms with van der Waals surface area (Å²) in [5.74, 6) is 0.264. The first-order valence-electron chi connectivity index (χ1n) is 6.13. The van der Waals surface area contributed by atoms with Gasteiger partial charge in [0.05, 0.1) is 6.20 Å². The van der Waals surface area contributed by atoms with Gasteiger partial charge < -0.3 is 5.32 Å². The summed E-state index contributed by atoms with van der Waals surface area (Å²) in [4.78, 5) is 3.92. The molecule has 1 N–H and O–H groups in total. The summed E-state index contributed by atoms with van der Waals surface area (Å²) in [6.45, 7) is 3.26. The van der Waals surface area contributed by atoms with Crippen molar-refractivity contribution in [1.82, 2.24) is 10.3 Å². The Labute approximate surface area is 96.3 Å². The number of aromatic nitrogens is 1. The zero-order chi connectivity index (χ0) is 11.4. The van der Waals surface area contributed by atoms with Gasteiger partial charge in [-0.1, -0.05) is 6.92 Å². The third kappa shape index (κ3) is 2.79. The highest BCUT2D eigenvalue weighted by atomic mass is 19.1. The van der Waals surface area contributed by atoms with E-state index in [0.717, 1.165) is 24.9 Å². The zero-order valence-corrected chi connectivity index (χ0v) is 9.75. The number of hydrogen-bond donors (Lipinski definition) is 1. The maximum absolute atomic E-state index is 13.0. The van der Waals surface area contributed by atoms with Crippen molar-refractivity contribution in [3.63, 3.8) is 0 Å². The molecule has 0 aliphatic heterocycles. The fraction of sp³-hybridized carbons (Fsp3) is 0.615. The molecule has 0 saturated heterocycles. The molecule has 0 amide bonds. The van der Waals surface area contributed by atoms with Gasteiger partial charge in [-0.3, -0.25) is 4.98 Å². The van der Waals surface area contributed by atoms with Gasteiger partial charge in [0.15, 0.2) is 0 Å². The van der Waals surface area contributed by atoms with Crippen LogP contribution in [0.25, 0.3) is 0 Å². The minimum Gasteiger partial charge on any atom is -0.314 e. The Bertz CT molecular complexity index is 340. The summed E-state index contributed by atoms with van der Waals surface area (Å²) in [7, 11) is 0. The molecule has 2 rings (SSSR count). The van der Waals surface area contributed by atoms with E-state index in [1.807, 2.05) is 0 Å². The largest absolute Gasteiger partial charge is 0.314 e. The fourth-order valence-corrected chi connectivity index (χ4v) is 2.47. The predicted octanol–water partition coefficient (Wildman–Crippen LogP) is 2.86. The second-order valence-corrected chi connectivity index (χ2v) is 4.60. The molecule has 1 aliphatic rings. The van der Waals surface area contributed by atoms with Crippen molar-refractivity contribution in [1.29, 1.82) is 0 Å². The monoisotopic (exact) mass is 222 g/mol. The molecule has 2 unspecified atom stereocenters. The van der Waals surface area contributed by atoms with Crippen LogP contribution in [0.4, 0.5) is 4.39 Å². The van der Waals surface area contributed by atoms with Crippen molar-refractivity contribution in [2.24, 2.45) is 0 Å². The highest BCUT2D eigenvalue weighted by molar-refractivity contribution is 5.17. The van der Waals surface area contributed by atoms with Crippen molar-refractivity contribution in [3.05, 3.63) is 29.8 Å². The molecule has 1 fully saturated rings. The molecule has 88 valence electrons. The van der Waals surface area contributed by atoms with Gasteiger partial charge in [0.25, 0.3) is 0 Å². The second kappa shape index (κ2) is 5.39. The summed E-state index contributed by atoms with van der Waals surface area (Å²) < 4.78 is 13.0. The van der Waals surface area contributed by atoms with E-state index in [1.54, 1.807) is 12.3 Å². The lowest BCUT2D eigenvalue weighted by Gasteiger charge is -2.12. The number of hydrogen-bond acceptors (Lipinski definition) is 2. The molecule has 1 aromatic rings. The Morgan fingerprint density at radius 1 is 1.44 bits per heavy atom. The second-order valence-electron chi connectivity index (χ2n) is 4.60. The van der Waals surface area contributed by atoms with E-state index in [0.29, 0.717) is 12.0 Å². The lowest BCUT2D eigenvalue weighted by molar-refractivity contribution is 0.516. The number of pyridine rings is 1. The fourth-order valence-electron chi connectivity index (χ4n) is 2.47. The minimum atomic E-state index is -0.220. The maximum atomic E-state index is 13.0. The SMILES string of the molecule is CCCNC1CCC(c2cncc(F)c2)C1. The molecule has 0 bridgehead atoms. The molecule has 3 heteroatoms. The Morgan fingerprint density at radius 2 is 2.31 bits per heavy atom. The van der Waals surface area contributed by atoms with Crippen LogP contribution in [-0.2, 0) is 0 Å². The van der Waals surface area contributed by atoms with E-state index in [1.165, 1.54) is 19.0 Å². The molecule has 1 aromatic heterocycles. The van der Waals surface area contributed by atoms with Crippen LogP contribution in [0, 0.1) is 5.82 Å². The van der Waals surface area contributed by atoms with Crippen molar-refractivity contribution >= 4 is 0 Å². The molecule has 1 aliphatic carbocycles. The van der Waals surface area contributed by atoms with E-state index in [9.17, 15) is 4.39 Å². The molecule has 1 saturated carbocycles. The summed E-state index contributed by atoms with van der Waals surface area (Å²) in [5.41, 5.74) is 1.06. The average Bonchev–Trinajstić information content (AvgIpc) is 2.75. The lowest BCUT2D eigenvalue weighted by atomic mass is 9.99. The van der Waals surface area contributed by atoms with E-state index in [-0.39, 0.29) is 5.82 Å². The molecule has 0 spiro atoms. The van der Waals surface area contributed by atoms with Gasteiger partial charge in [-0.05, 0) is 49.8 Å². The number of halogens is 1. The molecule has 2 nitrogen and oxygen atoms in total. The average molecular weight is 222 g/mol. The van der Waals surface area contributed by atoms with Crippen LogP contribution in [0.2, 0.25) is 0 Å². The predicted molar refractivity (Wildman–Crippen MR) is 62.9 cm³/mol. The highest BCUT2D eigenvalue weighted by Crippen LogP contribution is 2.34. The number of rotatable bonds is 4. The standard InChI is InChI=1S/C13H19FN2/c1-2-5-16-13-4-3-10(7-13)11-6-12(14)9-15-8-11/h6,8-10,13,16H,2-5,7H2,1H3. The Kier molecular flexibility index (Phi) is 3.88. The van der Waals surface area contributed by atoms with E-state index in [2.05, 4.69) is 17.2 Å². The molecule has 16 heavy (non-hydrogen) atoms. The van der Waals surface area contributed by atoms with E-state index < -0.39 is 0 Å². The Morgan fingerprint density at radius 3 is 3.06 bits per heavy atom. The first kappa shape index (κ1) is 11.5. The van der Waals surface area contributed by atoms with Crippen molar-refractivity contribution < 1.29 is 4.39 Å². The molecule has 2 atom stereocenters. The quantitative estimate of drug-likeness (QED) is 0.847. The molecule has 0 radical (unpaired) electrons. The lowest BCUT2D eigenvalue weighted by Crippen LogP contribution is -2.26. The number of nitrogens with one attached hydrogen (secondary N) is 1. The summed E-state index contributed by atoms with van der Waals surface area (Å²) in [6, 6.07) is 2.23. The van der Waals surface area contributed by atoms with Gasteiger partial charge in [-0.2, -0.15) is 0 Å². The first-order valence-corrected chi connectivity index (χ1v) is 6.13. The molecular weight excluding hydrogens is 203 g/mol. The van der Waals surface area contributed by atoms with Crippen LogP contribution in [0.1, 0.15) is 44.1 Å². The van der Waals surface area contributed by atoms with Crippen LogP contribution >= 0.6 is 0 Å². The highest BCUT2D eigenvalue weighted by Gasteiger charge is 2.25. The van der Waals surface area contributed by atoms with Crippen LogP contribution in [0.3, 0.4) is 0 Å². The summed E-state index contributed by atoms with van der Waals surface area (Å²) >= 11 is 0. The molecule has 1 heterocycles. The normalized spacial score (nSPS) is 24.9. The van der Waals surface area contributed by atoms with Gasteiger partial charge in [-0.25, -0.2) is 4.39 Å². The zero-order valence-electron chi connectivity index (χ0n) is 9.75. The van der Waals surface area contributed by atoms with Crippen LogP contribution < -0.4 is 5.32 Å². The Balaban J connectivity index is 1.93. The van der Waals surface area contributed by atoms with Crippen molar-refractivity contribution in [3.8, 4) is 0 Å². The van der Waals surface area contributed by atoms with E-state index >= 15 is 0 Å². The van der Waals surface area contributed by atoms with Crippen molar-refractivity contribution in [2.45, 2.75) is 44.6 Å². The maximum Gasteiger partial charge on any atom is 0.141 e. The third-order valence-electron chi connectivity index (χ3n) is 3.31. The van der Waals surface area contributed by atoms with Gasteiger partial charge in [0.2, 0.25) is 0 Å². The summed E-state index contributed by atoms with van der Waals surface area (Å²) in [6.07, 6.45) is 7.70. The third-order valence-corrected chi connectivity index (χ3v) is 3.31. The molecular formula is C13H19FN2. The topological polar surface area (TPSA) is 24.9 Å². The van der Waals surface area contributed by atoms with Gasteiger partial charge in [0.1, 0.15) is 5.82 Å². The van der Waals surface area contributed by atoms with Crippen LogP contribution in [0.15, 0.2) is 18.5 Å². The Hall–Kier alpha value is -0.960. The van der Waals surface area contributed by atoms with Gasteiger partial charge in [0, 0.05) is 12.2 Å². The summed E-state index contributed by atoms with van der Waals surface area (Å²) in [5, 5.41) is 3.53. The smallest absolute Gasteiger partial charge is 0.141 e. The van der Waals surface area contributed by atoms with Gasteiger partial charge >= 0.3 is 0 Å². The van der Waals surface area contributed by atoms with Crippen LogP contribution in [-0.4, -0.2) is 17.6 Å². The molecule has 0 aromatic carbocycles. The van der Waals surface area contributed by atoms with Gasteiger partial charge in [-0.15, -0.1) is 0 Å². The van der Waals surface area contributed by atoms with E-state index in [4.69, 9.17) is 0 Å². The first-order chi connectivity index (χ1) is 7.79. The van der Waals surface area contributed by atoms with Crippen molar-refractivity contribution in [2.75, 3.05) is 6.54 Å². The number of nitrogens with zero attached hydrogens (tertiary/aromatic N) is 1. The minimum absolute atomic E-state index is 0.220.